The molecule has 0 atom stereocenters. The number of hydrogen-bond acceptors (Lipinski definition) is 3. The fourth-order valence-corrected chi connectivity index (χ4v) is 4.15. The van der Waals surface area contributed by atoms with E-state index in [1.54, 1.807) is 0 Å². The number of ether oxygens (including phenoxy) is 1. The van der Waals surface area contributed by atoms with E-state index in [1.165, 1.54) is 30.4 Å². The maximum absolute atomic E-state index is 13.0. The zero-order valence-corrected chi connectivity index (χ0v) is 16.6. The van der Waals surface area contributed by atoms with Crippen molar-refractivity contribution in [1.82, 2.24) is 4.90 Å². The third-order valence-electron chi connectivity index (χ3n) is 5.63. The molecule has 2 amide bonds. The number of fused-ring (bicyclic) bond motifs is 1. The Balaban J connectivity index is 1.47. The Kier molecular flexibility index (Phi) is 5.70. The van der Waals surface area contributed by atoms with Crippen molar-refractivity contribution >= 4 is 17.4 Å². The Hall–Kier alpha value is -2.69. The normalized spacial score (nSPS) is 16.5. The minimum Gasteiger partial charge on any atom is -0.494 e. The van der Waals surface area contributed by atoms with Crippen LogP contribution in [-0.4, -0.2) is 37.2 Å². The lowest BCUT2D eigenvalue weighted by Crippen LogP contribution is -2.39. The highest BCUT2D eigenvalue weighted by Gasteiger charge is 2.23. The van der Waals surface area contributed by atoms with E-state index in [9.17, 15) is 4.79 Å². The number of piperidine rings is 1. The molecule has 4 rings (SSSR count). The molecule has 28 heavy (non-hydrogen) atoms. The van der Waals surface area contributed by atoms with Gasteiger partial charge in [-0.3, -0.25) is 0 Å². The second-order valence-corrected chi connectivity index (χ2v) is 7.53. The number of carbonyl (C=O) groups is 1. The van der Waals surface area contributed by atoms with Gasteiger partial charge in [0, 0.05) is 26.2 Å². The molecule has 2 aromatic rings. The first-order valence-corrected chi connectivity index (χ1v) is 10.4. The molecule has 2 heterocycles. The molecule has 1 fully saturated rings. The number of nitrogens with zero attached hydrogens (tertiary/aromatic N) is 2. The largest absolute Gasteiger partial charge is 0.494 e. The molecule has 2 aliphatic heterocycles. The second kappa shape index (κ2) is 8.55. The first kappa shape index (κ1) is 18.7. The van der Waals surface area contributed by atoms with Crippen molar-refractivity contribution in [3.63, 3.8) is 0 Å². The molecule has 0 saturated carbocycles. The maximum atomic E-state index is 13.0. The molecule has 0 unspecified atom stereocenters. The van der Waals surface area contributed by atoms with Crippen molar-refractivity contribution < 1.29 is 9.53 Å². The minimum atomic E-state index is -0.0306. The van der Waals surface area contributed by atoms with Crippen molar-refractivity contribution in [2.24, 2.45) is 0 Å². The van der Waals surface area contributed by atoms with Crippen LogP contribution in [0.2, 0.25) is 0 Å². The van der Waals surface area contributed by atoms with Crippen LogP contribution < -0.4 is 15.0 Å². The van der Waals surface area contributed by atoms with E-state index >= 15 is 0 Å². The molecule has 0 aromatic heterocycles. The Labute approximate surface area is 167 Å². The number of nitrogens with one attached hydrogen (secondary N) is 1. The summed E-state index contributed by atoms with van der Waals surface area (Å²) in [6.45, 7) is 6.11. The SMILES string of the molecule is CCOc1ccc2c(c1)CN(C(=O)Nc1ccccc1N1CCCCC1)CC2. The molecule has 0 aliphatic carbocycles. The number of rotatable bonds is 4. The molecule has 0 radical (unpaired) electrons. The van der Waals surface area contributed by atoms with Gasteiger partial charge in [-0.05, 0) is 68.0 Å². The van der Waals surface area contributed by atoms with Crippen LogP contribution >= 0.6 is 0 Å². The highest BCUT2D eigenvalue weighted by atomic mass is 16.5. The van der Waals surface area contributed by atoms with Crippen LogP contribution in [0.1, 0.15) is 37.3 Å². The number of para-hydroxylation sites is 2. The molecule has 5 heteroatoms. The van der Waals surface area contributed by atoms with Gasteiger partial charge in [0.25, 0.3) is 0 Å². The van der Waals surface area contributed by atoms with Crippen LogP contribution in [-0.2, 0) is 13.0 Å². The third-order valence-corrected chi connectivity index (χ3v) is 5.63. The number of hydrogen-bond donors (Lipinski definition) is 1. The number of urea groups is 1. The monoisotopic (exact) mass is 379 g/mol. The predicted octanol–water partition coefficient (Wildman–Crippen LogP) is 4.67. The Bertz CT molecular complexity index is 830. The van der Waals surface area contributed by atoms with Gasteiger partial charge in [0.2, 0.25) is 0 Å². The van der Waals surface area contributed by atoms with Crippen molar-refractivity contribution in [3.05, 3.63) is 53.6 Å². The van der Waals surface area contributed by atoms with Crippen LogP contribution in [0.5, 0.6) is 5.75 Å². The van der Waals surface area contributed by atoms with Crippen LogP contribution in [0, 0.1) is 0 Å². The maximum Gasteiger partial charge on any atom is 0.322 e. The van der Waals surface area contributed by atoms with E-state index in [4.69, 9.17) is 4.74 Å². The van der Waals surface area contributed by atoms with Gasteiger partial charge in [0.05, 0.1) is 18.0 Å². The van der Waals surface area contributed by atoms with Crippen molar-refractivity contribution in [2.45, 2.75) is 39.2 Å². The van der Waals surface area contributed by atoms with Crippen molar-refractivity contribution in [2.75, 3.05) is 36.5 Å². The predicted molar refractivity (Wildman–Crippen MR) is 113 cm³/mol. The topological polar surface area (TPSA) is 44.8 Å². The fraction of sp³-hybridized carbons (Fsp3) is 0.435. The summed E-state index contributed by atoms with van der Waals surface area (Å²) in [7, 11) is 0. The molecular formula is C23H29N3O2. The van der Waals surface area contributed by atoms with E-state index in [2.05, 4.69) is 28.4 Å². The van der Waals surface area contributed by atoms with Gasteiger partial charge in [-0.2, -0.15) is 0 Å². The molecule has 1 saturated heterocycles. The summed E-state index contributed by atoms with van der Waals surface area (Å²) >= 11 is 0. The zero-order valence-electron chi connectivity index (χ0n) is 16.6. The second-order valence-electron chi connectivity index (χ2n) is 7.53. The van der Waals surface area contributed by atoms with Crippen molar-refractivity contribution in [1.29, 1.82) is 0 Å². The van der Waals surface area contributed by atoms with E-state index in [-0.39, 0.29) is 6.03 Å². The quantitative estimate of drug-likeness (QED) is 0.840. The van der Waals surface area contributed by atoms with E-state index in [0.717, 1.165) is 43.2 Å². The molecule has 0 spiro atoms. The van der Waals surface area contributed by atoms with E-state index in [1.807, 2.05) is 36.1 Å². The fourth-order valence-electron chi connectivity index (χ4n) is 4.15. The highest BCUT2D eigenvalue weighted by molar-refractivity contribution is 5.93. The molecule has 5 nitrogen and oxygen atoms in total. The van der Waals surface area contributed by atoms with E-state index in [0.29, 0.717) is 13.2 Å². The standard InChI is InChI=1S/C23H29N3O2/c1-2-28-20-11-10-18-12-15-26(17-19(18)16-20)23(27)24-21-8-4-5-9-22(21)25-13-6-3-7-14-25/h4-5,8-11,16H,2-3,6-7,12-15,17H2,1H3,(H,24,27). The van der Waals surface area contributed by atoms with Crippen LogP contribution in [0.3, 0.4) is 0 Å². The summed E-state index contributed by atoms with van der Waals surface area (Å²) in [5.74, 6) is 0.874. The lowest BCUT2D eigenvalue weighted by atomic mass is 10.00. The van der Waals surface area contributed by atoms with Crippen LogP contribution in [0.15, 0.2) is 42.5 Å². The summed E-state index contributed by atoms with van der Waals surface area (Å²) in [6, 6.07) is 14.3. The molecule has 2 aliphatic rings. The Morgan fingerprint density at radius 2 is 1.86 bits per heavy atom. The smallest absolute Gasteiger partial charge is 0.322 e. The Morgan fingerprint density at radius 3 is 2.68 bits per heavy atom. The average molecular weight is 380 g/mol. The lowest BCUT2D eigenvalue weighted by molar-refractivity contribution is 0.206. The molecular weight excluding hydrogens is 350 g/mol. The average Bonchev–Trinajstić information content (AvgIpc) is 2.74. The van der Waals surface area contributed by atoms with Gasteiger partial charge in [-0.1, -0.05) is 18.2 Å². The first-order chi connectivity index (χ1) is 13.7. The first-order valence-electron chi connectivity index (χ1n) is 10.4. The summed E-state index contributed by atoms with van der Waals surface area (Å²) < 4.78 is 5.62. The van der Waals surface area contributed by atoms with Crippen LogP contribution in [0.4, 0.5) is 16.2 Å². The van der Waals surface area contributed by atoms with Gasteiger partial charge in [-0.15, -0.1) is 0 Å². The molecule has 1 N–H and O–H groups in total. The Morgan fingerprint density at radius 1 is 1.04 bits per heavy atom. The minimum absolute atomic E-state index is 0.0306. The molecule has 148 valence electrons. The number of carbonyl (C=O) groups excluding carboxylic acids is 1. The van der Waals surface area contributed by atoms with Gasteiger partial charge < -0.3 is 19.9 Å². The summed E-state index contributed by atoms with van der Waals surface area (Å²) in [6.07, 6.45) is 4.60. The number of benzene rings is 2. The zero-order chi connectivity index (χ0) is 19.3. The van der Waals surface area contributed by atoms with Gasteiger partial charge >= 0.3 is 6.03 Å². The lowest BCUT2D eigenvalue weighted by Gasteiger charge is -2.32. The molecule has 0 bridgehead atoms. The summed E-state index contributed by atoms with van der Waals surface area (Å²) in [4.78, 5) is 17.3. The third kappa shape index (κ3) is 4.08. The van der Waals surface area contributed by atoms with Gasteiger partial charge in [-0.25, -0.2) is 4.79 Å². The van der Waals surface area contributed by atoms with Gasteiger partial charge in [0.1, 0.15) is 5.75 Å². The molecule has 2 aromatic carbocycles. The summed E-state index contributed by atoms with van der Waals surface area (Å²) in [5, 5.41) is 3.16. The van der Waals surface area contributed by atoms with E-state index < -0.39 is 0 Å². The van der Waals surface area contributed by atoms with Crippen molar-refractivity contribution in [3.8, 4) is 5.75 Å². The van der Waals surface area contributed by atoms with Crippen LogP contribution in [0.25, 0.3) is 0 Å². The highest BCUT2D eigenvalue weighted by Crippen LogP contribution is 2.29. The van der Waals surface area contributed by atoms with Gasteiger partial charge in [0.15, 0.2) is 0 Å². The summed E-state index contributed by atoms with van der Waals surface area (Å²) in [5.41, 5.74) is 4.52. The number of amides is 2. The number of anilines is 2.